The summed E-state index contributed by atoms with van der Waals surface area (Å²) in [5.74, 6) is -1.94. The Balaban J connectivity index is 2.50. The van der Waals surface area contributed by atoms with Crippen LogP contribution in [0.4, 0.5) is 4.39 Å². The van der Waals surface area contributed by atoms with Crippen LogP contribution in [-0.2, 0) is 0 Å². The Hall–Kier alpha value is -2.28. The molecule has 0 fully saturated rings. The number of ether oxygens (including phenoxy) is 1. The third-order valence-electron chi connectivity index (χ3n) is 2.33. The van der Waals surface area contributed by atoms with E-state index in [0.29, 0.717) is 0 Å². The standard InChI is InChI=1S/C13H11ClFN3O3/c1-6(2)21-13-17-10(16-12(14)18-13)7-3-8(11(19)20)5-9(15)4-7/h3-6H,1-2H3,(H,19,20). The van der Waals surface area contributed by atoms with Gasteiger partial charge in [0.05, 0.1) is 11.7 Å². The van der Waals surface area contributed by atoms with Gasteiger partial charge in [-0.1, -0.05) is 0 Å². The Bertz CT molecular complexity index is 694. The van der Waals surface area contributed by atoms with Crippen molar-refractivity contribution in [3.8, 4) is 17.4 Å². The summed E-state index contributed by atoms with van der Waals surface area (Å²) in [6.07, 6.45) is -0.182. The molecule has 8 heteroatoms. The maximum Gasteiger partial charge on any atom is 0.335 e. The number of hydrogen-bond donors (Lipinski definition) is 1. The molecule has 2 rings (SSSR count). The van der Waals surface area contributed by atoms with E-state index in [-0.39, 0.29) is 34.3 Å². The zero-order valence-corrected chi connectivity index (χ0v) is 11.9. The Labute approximate surface area is 124 Å². The molecule has 6 nitrogen and oxygen atoms in total. The van der Waals surface area contributed by atoms with Crippen LogP contribution in [0.5, 0.6) is 6.01 Å². The van der Waals surface area contributed by atoms with Crippen LogP contribution < -0.4 is 4.74 Å². The second-order valence-corrected chi connectivity index (χ2v) is 4.75. The third kappa shape index (κ3) is 3.85. The van der Waals surface area contributed by atoms with E-state index < -0.39 is 11.8 Å². The van der Waals surface area contributed by atoms with Gasteiger partial charge in [-0.15, -0.1) is 0 Å². The Morgan fingerprint density at radius 2 is 2.00 bits per heavy atom. The minimum atomic E-state index is -1.26. The molecule has 0 atom stereocenters. The molecule has 0 aliphatic heterocycles. The SMILES string of the molecule is CC(C)Oc1nc(Cl)nc(-c2cc(F)cc(C(=O)O)c2)n1. The molecule has 0 aliphatic carbocycles. The summed E-state index contributed by atoms with van der Waals surface area (Å²) in [6, 6.07) is 3.24. The van der Waals surface area contributed by atoms with Crippen molar-refractivity contribution in [1.82, 2.24) is 15.0 Å². The minimum absolute atomic E-state index is 0.0128. The molecule has 0 unspecified atom stereocenters. The van der Waals surface area contributed by atoms with Crippen LogP contribution in [0.25, 0.3) is 11.4 Å². The van der Waals surface area contributed by atoms with Crippen molar-refractivity contribution in [3.05, 3.63) is 34.9 Å². The fourth-order valence-corrected chi connectivity index (χ4v) is 1.72. The van der Waals surface area contributed by atoms with Gasteiger partial charge in [0.25, 0.3) is 0 Å². The van der Waals surface area contributed by atoms with Gasteiger partial charge in [-0.3, -0.25) is 0 Å². The first-order chi connectivity index (χ1) is 9.85. The van der Waals surface area contributed by atoms with Crippen molar-refractivity contribution in [2.24, 2.45) is 0 Å². The van der Waals surface area contributed by atoms with Crippen LogP contribution in [0.2, 0.25) is 5.28 Å². The van der Waals surface area contributed by atoms with Crippen molar-refractivity contribution in [2.45, 2.75) is 20.0 Å². The predicted molar refractivity (Wildman–Crippen MR) is 73.0 cm³/mol. The van der Waals surface area contributed by atoms with E-state index >= 15 is 0 Å². The van der Waals surface area contributed by atoms with Gasteiger partial charge in [-0.25, -0.2) is 9.18 Å². The quantitative estimate of drug-likeness (QED) is 0.934. The minimum Gasteiger partial charge on any atom is -0.478 e. The molecule has 110 valence electrons. The number of halogens is 2. The van der Waals surface area contributed by atoms with Gasteiger partial charge < -0.3 is 9.84 Å². The molecule has 1 aromatic heterocycles. The lowest BCUT2D eigenvalue weighted by atomic mass is 10.1. The van der Waals surface area contributed by atoms with Crippen molar-refractivity contribution in [2.75, 3.05) is 0 Å². The zero-order chi connectivity index (χ0) is 15.6. The van der Waals surface area contributed by atoms with Crippen LogP contribution >= 0.6 is 11.6 Å². The van der Waals surface area contributed by atoms with E-state index in [1.807, 2.05) is 0 Å². The molecule has 0 saturated carbocycles. The lowest BCUT2D eigenvalue weighted by Crippen LogP contribution is -2.10. The van der Waals surface area contributed by atoms with Crippen LogP contribution in [0.1, 0.15) is 24.2 Å². The lowest BCUT2D eigenvalue weighted by molar-refractivity contribution is 0.0696. The summed E-state index contributed by atoms with van der Waals surface area (Å²) in [4.78, 5) is 22.6. The van der Waals surface area contributed by atoms with Gasteiger partial charge in [-0.2, -0.15) is 15.0 Å². The highest BCUT2D eigenvalue weighted by molar-refractivity contribution is 6.28. The molecular formula is C13H11ClFN3O3. The van der Waals surface area contributed by atoms with E-state index in [1.54, 1.807) is 13.8 Å². The molecular weight excluding hydrogens is 301 g/mol. The summed E-state index contributed by atoms with van der Waals surface area (Å²) in [7, 11) is 0. The smallest absolute Gasteiger partial charge is 0.335 e. The number of carbonyl (C=O) groups is 1. The normalized spacial score (nSPS) is 10.7. The van der Waals surface area contributed by atoms with Crippen molar-refractivity contribution in [1.29, 1.82) is 0 Å². The Kier molecular flexibility index (Phi) is 4.32. The fraction of sp³-hybridized carbons (Fsp3) is 0.231. The maximum absolute atomic E-state index is 13.5. The first-order valence-corrected chi connectivity index (χ1v) is 6.35. The number of carboxylic acid groups (broad SMARTS) is 1. The molecule has 1 heterocycles. The van der Waals surface area contributed by atoms with E-state index in [1.165, 1.54) is 6.07 Å². The van der Waals surface area contributed by atoms with Gasteiger partial charge in [0, 0.05) is 5.56 Å². The Morgan fingerprint density at radius 3 is 2.62 bits per heavy atom. The molecule has 21 heavy (non-hydrogen) atoms. The molecule has 1 N–H and O–H groups in total. The van der Waals surface area contributed by atoms with Gasteiger partial charge in [0.2, 0.25) is 5.28 Å². The van der Waals surface area contributed by atoms with Crippen LogP contribution in [0.15, 0.2) is 18.2 Å². The summed E-state index contributed by atoms with van der Waals surface area (Å²) in [5.41, 5.74) is -0.0434. The topological polar surface area (TPSA) is 85.2 Å². The Morgan fingerprint density at radius 1 is 1.29 bits per heavy atom. The molecule has 2 aromatic rings. The number of aromatic carboxylic acids is 1. The summed E-state index contributed by atoms with van der Waals surface area (Å²) in [6.45, 7) is 3.56. The first kappa shape index (κ1) is 15.1. The number of nitrogens with zero attached hydrogens (tertiary/aromatic N) is 3. The van der Waals surface area contributed by atoms with Gasteiger partial charge in [0.15, 0.2) is 5.82 Å². The number of hydrogen-bond acceptors (Lipinski definition) is 5. The van der Waals surface area contributed by atoms with E-state index in [4.69, 9.17) is 21.4 Å². The highest BCUT2D eigenvalue weighted by Crippen LogP contribution is 2.22. The largest absolute Gasteiger partial charge is 0.478 e. The predicted octanol–water partition coefficient (Wildman–Crippen LogP) is 2.82. The molecule has 0 amide bonds. The van der Waals surface area contributed by atoms with E-state index in [9.17, 15) is 9.18 Å². The van der Waals surface area contributed by atoms with Crippen molar-refractivity contribution < 1.29 is 19.0 Å². The number of benzene rings is 1. The second-order valence-electron chi connectivity index (χ2n) is 4.41. The fourth-order valence-electron chi connectivity index (χ4n) is 1.57. The molecule has 1 aromatic carbocycles. The third-order valence-corrected chi connectivity index (χ3v) is 2.50. The molecule has 0 radical (unpaired) electrons. The molecule has 0 spiro atoms. The highest BCUT2D eigenvalue weighted by Gasteiger charge is 2.13. The summed E-state index contributed by atoms with van der Waals surface area (Å²) >= 11 is 5.77. The van der Waals surface area contributed by atoms with Gasteiger partial charge in [0.1, 0.15) is 5.82 Å². The number of rotatable bonds is 4. The van der Waals surface area contributed by atoms with Gasteiger partial charge >= 0.3 is 12.0 Å². The van der Waals surface area contributed by atoms with Crippen LogP contribution in [-0.4, -0.2) is 32.1 Å². The molecule has 0 aliphatic rings. The van der Waals surface area contributed by atoms with Crippen molar-refractivity contribution >= 4 is 17.6 Å². The summed E-state index contributed by atoms with van der Waals surface area (Å²) in [5, 5.41) is 8.81. The van der Waals surface area contributed by atoms with E-state index in [2.05, 4.69) is 15.0 Å². The average Bonchev–Trinajstić information content (AvgIpc) is 2.36. The van der Waals surface area contributed by atoms with E-state index in [0.717, 1.165) is 12.1 Å². The van der Waals surface area contributed by atoms with Crippen molar-refractivity contribution in [3.63, 3.8) is 0 Å². The highest BCUT2D eigenvalue weighted by atomic mass is 35.5. The molecule has 0 saturated heterocycles. The van der Waals surface area contributed by atoms with Gasteiger partial charge in [-0.05, 0) is 43.6 Å². The maximum atomic E-state index is 13.5. The number of aromatic nitrogens is 3. The summed E-state index contributed by atoms with van der Waals surface area (Å²) < 4.78 is 18.8. The zero-order valence-electron chi connectivity index (χ0n) is 11.2. The number of carboxylic acids is 1. The average molecular weight is 312 g/mol. The first-order valence-electron chi connectivity index (χ1n) is 5.97. The second kappa shape index (κ2) is 6.01. The molecule has 0 bridgehead atoms. The lowest BCUT2D eigenvalue weighted by Gasteiger charge is -2.09. The van der Waals surface area contributed by atoms with Crippen LogP contribution in [0, 0.1) is 5.82 Å². The monoisotopic (exact) mass is 311 g/mol. The van der Waals surface area contributed by atoms with Crippen LogP contribution in [0.3, 0.4) is 0 Å².